The first-order valence-corrected chi connectivity index (χ1v) is 8.23. The number of carbonyl (C=O) groups is 1. The van der Waals surface area contributed by atoms with Crippen LogP contribution in [0.1, 0.15) is 35.0 Å². The van der Waals surface area contributed by atoms with E-state index in [2.05, 4.69) is 25.7 Å². The highest BCUT2D eigenvalue weighted by atomic mass is 16.3. The molecule has 8 heteroatoms. The van der Waals surface area contributed by atoms with Crippen LogP contribution in [0.25, 0.3) is 5.82 Å². The highest BCUT2D eigenvalue weighted by Gasteiger charge is 2.26. The van der Waals surface area contributed by atoms with Crippen LogP contribution in [0.5, 0.6) is 0 Å². The maximum absolute atomic E-state index is 12.6. The Morgan fingerprint density at radius 1 is 1.28 bits per heavy atom. The molecule has 0 spiro atoms. The van der Waals surface area contributed by atoms with E-state index in [1.807, 2.05) is 18.2 Å². The molecule has 4 heterocycles. The molecule has 4 rings (SSSR count). The van der Waals surface area contributed by atoms with Crippen molar-refractivity contribution in [1.82, 2.24) is 25.1 Å². The molecule has 3 aromatic rings. The normalized spacial score (nSPS) is 15.2. The van der Waals surface area contributed by atoms with Gasteiger partial charge in [0.15, 0.2) is 17.9 Å². The Balaban J connectivity index is 1.50. The van der Waals surface area contributed by atoms with E-state index < -0.39 is 0 Å². The van der Waals surface area contributed by atoms with Gasteiger partial charge in [0, 0.05) is 12.1 Å². The van der Waals surface area contributed by atoms with E-state index in [9.17, 15) is 4.79 Å². The van der Waals surface area contributed by atoms with Crippen LogP contribution >= 0.6 is 0 Å². The molecule has 1 saturated heterocycles. The van der Waals surface area contributed by atoms with Gasteiger partial charge < -0.3 is 15.1 Å². The number of amides is 1. The van der Waals surface area contributed by atoms with Gasteiger partial charge in [-0.05, 0) is 38.1 Å². The predicted molar refractivity (Wildman–Crippen MR) is 90.7 cm³/mol. The second-order valence-corrected chi connectivity index (χ2v) is 5.91. The first kappa shape index (κ1) is 15.5. The Hall–Kier alpha value is -3.00. The van der Waals surface area contributed by atoms with Gasteiger partial charge in [-0.2, -0.15) is 5.10 Å². The highest BCUT2D eigenvalue weighted by Crippen LogP contribution is 2.28. The van der Waals surface area contributed by atoms with Crippen LogP contribution in [0.15, 0.2) is 47.6 Å². The molecule has 0 radical (unpaired) electrons. The standard InChI is InChI=1S/C17H18N6O2/c24-17(15-16(25-11-20-15)12-4-7-18-8-5-12)22-13-9-21-23(10-13)14-3-1-2-6-19-14/h1-3,6,9-12,18H,4-5,7-8H2,(H,22,24). The van der Waals surface area contributed by atoms with E-state index >= 15 is 0 Å². The molecule has 0 bridgehead atoms. The van der Waals surface area contributed by atoms with E-state index in [1.54, 1.807) is 23.3 Å². The molecule has 2 N–H and O–H groups in total. The summed E-state index contributed by atoms with van der Waals surface area (Å²) in [6.45, 7) is 1.84. The first-order valence-electron chi connectivity index (χ1n) is 8.23. The maximum atomic E-state index is 12.6. The lowest BCUT2D eigenvalue weighted by Gasteiger charge is -2.20. The summed E-state index contributed by atoms with van der Waals surface area (Å²) in [5, 5.41) is 10.4. The number of hydrogen-bond acceptors (Lipinski definition) is 6. The van der Waals surface area contributed by atoms with Crippen LogP contribution in [0.4, 0.5) is 5.69 Å². The van der Waals surface area contributed by atoms with Crippen molar-refractivity contribution < 1.29 is 9.21 Å². The predicted octanol–water partition coefficient (Wildman–Crippen LogP) is 1.97. The van der Waals surface area contributed by atoms with Crippen LogP contribution in [-0.4, -0.2) is 38.7 Å². The molecule has 3 aromatic heterocycles. The number of oxazole rings is 1. The number of nitrogens with zero attached hydrogens (tertiary/aromatic N) is 4. The van der Waals surface area contributed by atoms with Gasteiger partial charge in [0.05, 0.1) is 18.1 Å². The van der Waals surface area contributed by atoms with Crippen molar-refractivity contribution >= 4 is 11.6 Å². The third kappa shape index (κ3) is 3.29. The SMILES string of the molecule is O=C(Nc1cnn(-c2ccccn2)c1)c1ncoc1C1CCNCC1. The van der Waals surface area contributed by atoms with Gasteiger partial charge in [0.2, 0.25) is 0 Å². The Kier molecular flexibility index (Phi) is 4.26. The number of aromatic nitrogens is 4. The van der Waals surface area contributed by atoms with Crippen LogP contribution in [-0.2, 0) is 0 Å². The van der Waals surface area contributed by atoms with Crippen molar-refractivity contribution in [2.75, 3.05) is 18.4 Å². The molecule has 0 unspecified atom stereocenters. The highest BCUT2D eigenvalue weighted by molar-refractivity contribution is 6.03. The van der Waals surface area contributed by atoms with Gasteiger partial charge in [-0.3, -0.25) is 4.79 Å². The molecule has 1 amide bonds. The number of nitrogens with one attached hydrogen (secondary N) is 2. The van der Waals surface area contributed by atoms with Crippen molar-refractivity contribution in [2.24, 2.45) is 0 Å². The Morgan fingerprint density at radius 2 is 2.16 bits per heavy atom. The fraction of sp³-hybridized carbons (Fsp3) is 0.294. The summed E-state index contributed by atoms with van der Waals surface area (Å²) in [6, 6.07) is 5.55. The molecule has 1 aliphatic rings. The number of pyridine rings is 1. The monoisotopic (exact) mass is 338 g/mol. The van der Waals surface area contributed by atoms with Crippen LogP contribution in [0, 0.1) is 0 Å². The number of carbonyl (C=O) groups excluding carboxylic acids is 1. The zero-order chi connectivity index (χ0) is 17.1. The fourth-order valence-corrected chi connectivity index (χ4v) is 2.99. The quantitative estimate of drug-likeness (QED) is 0.755. The third-order valence-electron chi connectivity index (χ3n) is 4.24. The van der Waals surface area contributed by atoms with Gasteiger partial charge in [-0.25, -0.2) is 14.6 Å². The van der Waals surface area contributed by atoms with Crippen molar-refractivity contribution in [2.45, 2.75) is 18.8 Å². The lowest BCUT2D eigenvalue weighted by atomic mass is 9.94. The van der Waals surface area contributed by atoms with Crippen molar-refractivity contribution in [3.05, 3.63) is 54.6 Å². The van der Waals surface area contributed by atoms with Gasteiger partial charge in [-0.15, -0.1) is 0 Å². The van der Waals surface area contributed by atoms with E-state index in [0.29, 0.717) is 23.0 Å². The number of hydrogen-bond donors (Lipinski definition) is 2. The first-order chi connectivity index (χ1) is 12.3. The van der Waals surface area contributed by atoms with Gasteiger partial charge in [0.25, 0.3) is 5.91 Å². The number of rotatable bonds is 4. The van der Waals surface area contributed by atoms with Crippen LogP contribution < -0.4 is 10.6 Å². The van der Waals surface area contributed by atoms with E-state index in [1.165, 1.54) is 6.39 Å². The zero-order valence-electron chi connectivity index (χ0n) is 13.6. The minimum absolute atomic E-state index is 0.223. The fourth-order valence-electron chi connectivity index (χ4n) is 2.99. The maximum Gasteiger partial charge on any atom is 0.278 e. The average Bonchev–Trinajstić information content (AvgIpc) is 3.33. The van der Waals surface area contributed by atoms with Gasteiger partial charge in [0.1, 0.15) is 5.76 Å². The summed E-state index contributed by atoms with van der Waals surface area (Å²) < 4.78 is 7.11. The lowest BCUT2D eigenvalue weighted by molar-refractivity contribution is 0.102. The molecular formula is C17H18N6O2. The van der Waals surface area contributed by atoms with E-state index in [4.69, 9.17) is 4.42 Å². The molecule has 25 heavy (non-hydrogen) atoms. The van der Waals surface area contributed by atoms with Crippen LogP contribution in [0.2, 0.25) is 0 Å². The molecular weight excluding hydrogens is 320 g/mol. The van der Waals surface area contributed by atoms with Crippen LogP contribution in [0.3, 0.4) is 0 Å². The van der Waals surface area contributed by atoms with Crippen molar-refractivity contribution in [1.29, 1.82) is 0 Å². The zero-order valence-corrected chi connectivity index (χ0v) is 13.6. The van der Waals surface area contributed by atoms with E-state index in [-0.39, 0.29) is 11.8 Å². The molecule has 1 fully saturated rings. The number of anilines is 1. The third-order valence-corrected chi connectivity index (χ3v) is 4.24. The van der Waals surface area contributed by atoms with E-state index in [0.717, 1.165) is 25.9 Å². The Bertz CT molecular complexity index is 851. The molecule has 8 nitrogen and oxygen atoms in total. The molecule has 0 aliphatic carbocycles. The minimum Gasteiger partial charge on any atom is -0.447 e. The molecule has 0 aromatic carbocycles. The Morgan fingerprint density at radius 3 is 2.96 bits per heavy atom. The molecule has 128 valence electrons. The second kappa shape index (κ2) is 6.86. The second-order valence-electron chi connectivity index (χ2n) is 5.91. The van der Waals surface area contributed by atoms with Gasteiger partial charge >= 0.3 is 0 Å². The summed E-state index contributed by atoms with van der Waals surface area (Å²) in [6.07, 6.45) is 8.20. The molecule has 0 saturated carbocycles. The summed E-state index contributed by atoms with van der Waals surface area (Å²) in [7, 11) is 0. The Labute approximate surface area is 144 Å². The summed E-state index contributed by atoms with van der Waals surface area (Å²) in [4.78, 5) is 20.9. The summed E-state index contributed by atoms with van der Waals surface area (Å²) in [5.74, 6) is 1.28. The topological polar surface area (TPSA) is 97.9 Å². The molecule has 0 atom stereocenters. The van der Waals surface area contributed by atoms with Crippen molar-refractivity contribution in [3.63, 3.8) is 0 Å². The smallest absolute Gasteiger partial charge is 0.278 e. The average molecular weight is 338 g/mol. The summed E-state index contributed by atoms with van der Waals surface area (Å²) in [5.41, 5.74) is 0.924. The lowest BCUT2D eigenvalue weighted by Crippen LogP contribution is -2.27. The van der Waals surface area contributed by atoms with Gasteiger partial charge in [-0.1, -0.05) is 6.07 Å². The minimum atomic E-state index is -0.289. The number of piperidine rings is 1. The largest absolute Gasteiger partial charge is 0.447 e. The van der Waals surface area contributed by atoms with Crippen molar-refractivity contribution in [3.8, 4) is 5.82 Å². The summed E-state index contributed by atoms with van der Waals surface area (Å²) >= 11 is 0. The molecule has 1 aliphatic heterocycles.